The molecule has 0 saturated heterocycles. The number of hydrogen-bond acceptors (Lipinski definition) is 3. The molecule has 4 heterocycles. The highest BCUT2D eigenvalue weighted by atomic mass is 16.3. The quantitative estimate of drug-likeness (QED) is 0.185. The van der Waals surface area contributed by atoms with E-state index in [1.54, 1.807) is 0 Å². The molecule has 12 rings (SSSR count). The number of nitriles is 1. The molecule has 8 aromatic carbocycles. The minimum absolute atomic E-state index is 0.601. The van der Waals surface area contributed by atoms with Gasteiger partial charge in [0.1, 0.15) is 28.4 Å². The van der Waals surface area contributed by atoms with Gasteiger partial charge in [-0.05, 0) is 72.3 Å². The molecule has 54 heavy (non-hydrogen) atoms. The minimum Gasteiger partial charge on any atom is -0.456 e. The third-order valence-electron chi connectivity index (χ3n) is 11.1. The Morgan fingerprint density at radius 1 is 0.389 bits per heavy atom. The fourth-order valence-electron chi connectivity index (χ4n) is 8.81. The Kier molecular flexibility index (Phi) is 5.78. The minimum atomic E-state index is 0.601. The van der Waals surface area contributed by atoms with Gasteiger partial charge in [0.05, 0.1) is 33.3 Å². The van der Waals surface area contributed by atoms with E-state index in [9.17, 15) is 5.26 Å². The Morgan fingerprint density at radius 2 is 0.926 bits per heavy atom. The van der Waals surface area contributed by atoms with E-state index < -0.39 is 0 Å². The Hall–Kier alpha value is -7.55. The van der Waals surface area contributed by atoms with Gasteiger partial charge in [-0.2, -0.15) is 5.26 Å². The van der Waals surface area contributed by atoms with Gasteiger partial charge in [0.15, 0.2) is 0 Å². The fourth-order valence-corrected chi connectivity index (χ4v) is 8.81. The molecule has 0 aliphatic rings. The summed E-state index contributed by atoms with van der Waals surface area (Å²) >= 11 is 0. The van der Waals surface area contributed by atoms with Crippen LogP contribution in [-0.2, 0) is 0 Å². The van der Waals surface area contributed by atoms with Crippen molar-refractivity contribution in [3.63, 3.8) is 0 Å². The van der Waals surface area contributed by atoms with Gasteiger partial charge in [-0.1, -0.05) is 97.1 Å². The summed E-state index contributed by atoms with van der Waals surface area (Å²) in [5.41, 5.74) is 12.2. The molecule has 4 aromatic heterocycles. The van der Waals surface area contributed by atoms with Crippen LogP contribution in [0, 0.1) is 11.3 Å². The molecule has 0 radical (unpaired) electrons. The molecule has 0 amide bonds. The summed E-state index contributed by atoms with van der Waals surface area (Å²) < 4.78 is 17.3. The normalized spacial score (nSPS) is 12.1. The molecular formula is C49H27N3O2. The summed E-state index contributed by atoms with van der Waals surface area (Å²) in [5, 5.41) is 19.5. The van der Waals surface area contributed by atoms with E-state index in [-0.39, 0.29) is 0 Å². The van der Waals surface area contributed by atoms with Crippen LogP contribution in [0.3, 0.4) is 0 Å². The number of benzene rings is 8. The molecule has 0 spiro atoms. The van der Waals surface area contributed by atoms with Gasteiger partial charge in [0.2, 0.25) is 0 Å². The van der Waals surface area contributed by atoms with Crippen LogP contribution in [0.5, 0.6) is 0 Å². The van der Waals surface area contributed by atoms with Crippen molar-refractivity contribution in [3.8, 4) is 28.6 Å². The average Bonchev–Trinajstić information content (AvgIpc) is 3.96. The largest absolute Gasteiger partial charge is 0.456 e. The standard InChI is InChI=1S/C49H27N3O2/c50-28-30-12-10-18-32(49(30)52-42-20-6-2-15-34(42)38-27-48-40(25-44(38)52)36-17-4-8-22-46(36)54-48)29-11-9-13-31(23-29)51-41-19-5-1-14-33(41)37-26-47-39(24-43(37)51)35-16-3-7-21-45(35)53-47/h1-27H. The third kappa shape index (κ3) is 3.91. The van der Waals surface area contributed by atoms with Gasteiger partial charge in [0, 0.05) is 54.3 Å². The molecule has 5 nitrogen and oxygen atoms in total. The number of hydrogen-bond donors (Lipinski definition) is 0. The lowest BCUT2D eigenvalue weighted by Gasteiger charge is -2.17. The van der Waals surface area contributed by atoms with Gasteiger partial charge >= 0.3 is 0 Å². The van der Waals surface area contributed by atoms with Gasteiger partial charge in [0.25, 0.3) is 0 Å². The van der Waals surface area contributed by atoms with E-state index in [2.05, 4.69) is 137 Å². The molecule has 0 aliphatic heterocycles. The molecule has 0 saturated carbocycles. The molecule has 250 valence electrons. The van der Waals surface area contributed by atoms with Crippen LogP contribution in [0.1, 0.15) is 5.56 Å². The zero-order valence-electron chi connectivity index (χ0n) is 28.7. The third-order valence-corrected chi connectivity index (χ3v) is 11.1. The monoisotopic (exact) mass is 689 g/mol. The maximum Gasteiger partial charge on any atom is 0.136 e. The van der Waals surface area contributed by atoms with E-state index >= 15 is 0 Å². The number of para-hydroxylation sites is 5. The Bertz CT molecular complexity index is 3590. The predicted molar refractivity (Wildman–Crippen MR) is 220 cm³/mol. The molecule has 0 fully saturated rings. The highest BCUT2D eigenvalue weighted by molar-refractivity contribution is 6.19. The van der Waals surface area contributed by atoms with Crippen molar-refractivity contribution in [2.45, 2.75) is 0 Å². The Morgan fingerprint density at radius 3 is 1.56 bits per heavy atom. The van der Waals surface area contributed by atoms with Crippen LogP contribution < -0.4 is 0 Å². The fraction of sp³-hybridized carbons (Fsp3) is 0. The summed E-state index contributed by atoms with van der Waals surface area (Å²) in [6.07, 6.45) is 0. The summed E-state index contributed by atoms with van der Waals surface area (Å²) in [4.78, 5) is 0. The highest BCUT2D eigenvalue weighted by Crippen LogP contribution is 2.43. The second-order valence-corrected chi connectivity index (χ2v) is 14.0. The van der Waals surface area contributed by atoms with Gasteiger partial charge in [-0.3, -0.25) is 0 Å². The number of aromatic nitrogens is 2. The van der Waals surface area contributed by atoms with Crippen molar-refractivity contribution in [3.05, 3.63) is 169 Å². The van der Waals surface area contributed by atoms with Crippen LogP contribution in [0.25, 0.3) is 110 Å². The average molecular weight is 690 g/mol. The molecule has 0 atom stereocenters. The van der Waals surface area contributed by atoms with E-state index in [1.807, 2.05) is 42.5 Å². The van der Waals surface area contributed by atoms with Crippen molar-refractivity contribution in [1.29, 1.82) is 5.26 Å². The van der Waals surface area contributed by atoms with E-state index in [0.29, 0.717) is 5.56 Å². The second-order valence-electron chi connectivity index (χ2n) is 14.0. The molecule has 0 aliphatic carbocycles. The molecule has 0 N–H and O–H groups in total. The van der Waals surface area contributed by atoms with Gasteiger partial charge in [-0.25, -0.2) is 0 Å². The first kappa shape index (κ1) is 29.1. The molecule has 0 bridgehead atoms. The maximum absolute atomic E-state index is 10.7. The van der Waals surface area contributed by atoms with E-state index in [4.69, 9.17) is 8.83 Å². The lowest BCUT2D eigenvalue weighted by atomic mass is 9.99. The van der Waals surface area contributed by atoms with Gasteiger partial charge in [-0.15, -0.1) is 0 Å². The van der Waals surface area contributed by atoms with Crippen molar-refractivity contribution < 1.29 is 8.83 Å². The second kappa shape index (κ2) is 10.7. The highest BCUT2D eigenvalue weighted by Gasteiger charge is 2.22. The number of rotatable bonds is 3. The van der Waals surface area contributed by atoms with Crippen molar-refractivity contribution in [2.75, 3.05) is 0 Å². The van der Waals surface area contributed by atoms with E-state index in [1.165, 1.54) is 0 Å². The van der Waals surface area contributed by atoms with Gasteiger partial charge < -0.3 is 18.0 Å². The topological polar surface area (TPSA) is 59.9 Å². The molecule has 5 heteroatoms. The summed E-state index contributed by atoms with van der Waals surface area (Å²) in [7, 11) is 0. The van der Waals surface area contributed by atoms with Crippen molar-refractivity contribution in [1.82, 2.24) is 9.13 Å². The van der Waals surface area contributed by atoms with E-state index in [0.717, 1.165) is 110 Å². The zero-order chi connectivity index (χ0) is 35.5. The summed E-state index contributed by atoms with van der Waals surface area (Å²) in [6, 6.07) is 59.5. The SMILES string of the molecule is N#Cc1cccc(-c2cccc(-n3c4ccccc4c4cc5oc6ccccc6c5cc43)c2)c1-n1c2ccccc2c2cc3oc4ccccc4c3cc21. The lowest BCUT2D eigenvalue weighted by Crippen LogP contribution is -2.01. The molecule has 12 aromatic rings. The van der Waals surface area contributed by atoms with Crippen molar-refractivity contribution in [2.24, 2.45) is 0 Å². The van der Waals surface area contributed by atoms with Crippen molar-refractivity contribution >= 4 is 87.5 Å². The Labute approximate surface area is 307 Å². The lowest BCUT2D eigenvalue weighted by molar-refractivity contribution is 0.669. The number of fused-ring (bicyclic) bond motifs is 12. The van der Waals surface area contributed by atoms with Crippen LogP contribution in [0.2, 0.25) is 0 Å². The van der Waals surface area contributed by atoms with Crippen LogP contribution in [0.15, 0.2) is 173 Å². The van der Waals surface area contributed by atoms with Crippen LogP contribution in [0.4, 0.5) is 0 Å². The van der Waals surface area contributed by atoms with Crippen LogP contribution >= 0.6 is 0 Å². The smallest absolute Gasteiger partial charge is 0.136 e. The summed E-state index contributed by atoms with van der Waals surface area (Å²) in [5.74, 6) is 0. The number of furan rings is 2. The maximum atomic E-state index is 10.7. The first-order valence-electron chi connectivity index (χ1n) is 18.1. The van der Waals surface area contributed by atoms with Crippen LogP contribution in [-0.4, -0.2) is 9.13 Å². The zero-order valence-corrected chi connectivity index (χ0v) is 28.7. The summed E-state index contributed by atoms with van der Waals surface area (Å²) in [6.45, 7) is 0. The predicted octanol–water partition coefficient (Wildman–Crippen LogP) is 13.2. The first-order chi connectivity index (χ1) is 26.7. The first-order valence-corrected chi connectivity index (χ1v) is 18.1. The molecule has 0 unspecified atom stereocenters. The number of nitrogens with zero attached hydrogens (tertiary/aromatic N) is 3. The Balaban J connectivity index is 1.13. The molecular weight excluding hydrogens is 663 g/mol.